The van der Waals surface area contributed by atoms with Crippen LogP contribution in [0, 0.1) is 6.92 Å². The van der Waals surface area contributed by atoms with E-state index in [1.807, 2.05) is 44.2 Å². The average Bonchev–Trinajstić information content (AvgIpc) is 2.56. The van der Waals surface area contributed by atoms with E-state index < -0.39 is 6.29 Å². The van der Waals surface area contributed by atoms with Crippen molar-refractivity contribution in [3.63, 3.8) is 0 Å². The minimum Gasteiger partial charge on any atom is -0.508 e. The Labute approximate surface area is 136 Å². The van der Waals surface area contributed by atoms with Gasteiger partial charge in [0.05, 0.1) is 0 Å². The molecule has 2 aromatic rings. The standard InChI is InChI=1S/C19H22O4/c1-4-18(21)23-19(5-2)22-17-8-6-7-16(13(17)3)14-9-11-15(20)12-10-14/h6-12,19-20H,4-5H2,1-3H3. The normalized spacial score (nSPS) is 11.8. The fourth-order valence-corrected chi connectivity index (χ4v) is 2.26. The van der Waals surface area contributed by atoms with Crippen molar-refractivity contribution in [2.45, 2.75) is 39.9 Å². The minimum atomic E-state index is -0.587. The molecule has 1 atom stereocenters. The van der Waals surface area contributed by atoms with Gasteiger partial charge >= 0.3 is 5.97 Å². The molecule has 1 unspecified atom stereocenters. The van der Waals surface area contributed by atoms with Crippen molar-refractivity contribution in [1.82, 2.24) is 0 Å². The summed E-state index contributed by atoms with van der Waals surface area (Å²) in [6.07, 6.45) is 0.317. The lowest BCUT2D eigenvalue weighted by atomic mass is 10.00. The molecule has 0 amide bonds. The van der Waals surface area contributed by atoms with Crippen LogP contribution >= 0.6 is 0 Å². The molecule has 0 aliphatic carbocycles. The Morgan fingerprint density at radius 2 is 1.83 bits per heavy atom. The van der Waals surface area contributed by atoms with Crippen molar-refractivity contribution in [3.8, 4) is 22.6 Å². The molecule has 0 heterocycles. The Bertz CT molecular complexity index is 662. The Hall–Kier alpha value is -2.49. The maximum absolute atomic E-state index is 11.5. The smallest absolute Gasteiger partial charge is 0.308 e. The number of phenolic OH excluding ortho intramolecular Hbond substituents is 1. The number of carbonyl (C=O) groups is 1. The van der Waals surface area contributed by atoms with Crippen molar-refractivity contribution >= 4 is 5.97 Å². The average molecular weight is 314 g/mol. The van der Waals surface area contributed by atoms with E-state index in [-0.39, 0.29) is 11.7 Å². The predicted molar refractivity (Wildman–Crippen MR) is 89.4 cm³/mol. The maximum atomic E-state index is 11.5. The first-order valence-corrected chi connectivity index (χ1v) is 7.80. The van der Waals surface area contributed by atoms with E-state index in [4.69, 9.17) is 9.47 Å². The van der Waals surface area contributed by atoms with Crippen LogP contribution in [0.2, 0.25) is 0 Å². The summed E-state index contributed by atoms with van der Waals surface area (Å²) in [7, 11) is 0. The first kappa shape index (κ1) is 16.9. The summed E-state index contributed by atoms with van der Waals surface area (Å²) >= 11 is 0. The zero-order chi connectivity index (χ0) is 16.8. The lowest BCUT2D eigenvalue weighted by molar-refractivity contribution is -0.163. The van der Waals surface area contributed by atoms with Gasteiger partial charge in [-0.2, -0.15) is 0 Å². The Kier molecular flexibility index (Phi) is 5.63. The number of carbonyl (C=O) groups excluding carboxylic acids is 1. The molecule has 0 bridgehead atoms. The molecule has 4 nitrogen and oxygen atoms in total. The van der Waals surface area contributed by atoms with Crippen LogP contribution in [0.3, 0.4) is 0 Å². The SMILES string of the molecule is CCC(=O)OC(CC)Oc1cccc(-c2ccc(O)cc2)c1C. The molecule has 0 spiro atoms. The van der Waals surface area contributed by atoms with Crippen LogP contribution in [0.4, 0.5) is 0 Å². The van der Waals surface area contributed by atoms with Crippen LogP contribution in [-0.2, 0) is 9.53 Å². The lowest BCUT2D eigenvalue weighted by Crippen LogP contribution is -2.23. The zero-order valence-corrected chi connectivity index (χ0v) is 13.7. The van der Waals surface area contributed by atoms with E-state index in [2.05, 4.69) is 0 Å². The fourth-order valence-electron chi connectivity index (χ4n) is 2.26. The molecule has 0 aromatic heterocycles. The van der Waals surface area contributed by atoms with Gasteiger partial charge in [-0.3, -0.25) is 4.79 Å². The first-order chi connectivity index (χ1) is 11.0. The van der Waals surface area contributed by atoms with Crippen LogP contribution in [-0.4, -0.2) is 17.4 Å². The third kappa shape index (κ3) is 4.25. The number of hydrogen-bond donors (Lipinski definition) is 1. The van der Waals surface area contributed by atoms with Gasteiger partial charge in [0.1, 0.15) is 11.5 Å². The van der Waals surface area contributed by atoms with E-state index in [0.29, 0.717) is 18.6 Å². The maximum Gasteiger partial charge on any atom is 0.308 e. The number of aromatic hydroxyl groups is 1. The topological polar surface area (TPSA) is 55.8 Å². The molecule has 4 heteroatoms. The molecule has 1 N–H and O–H groups in total. The second-order valence-electron chi connectivity index (χ2n) is 5.27. The van der Waals surface area contributed by atoms with E-state index in [0.717, 1.165) is 16.7 Å². The van der Waals surface area contributed by atoms with Gasteiger partial charge in [-0.15, -0.1) is 0 Å². The highest BCUT2D eigenvalue weighted by atomic mass is 16.7. The molecular weight excluding hydrogens is 292 g/mol. The number of rotatable bonds is 6. The zero-order valence-electron chi connectivity index (χ0n) is 13.7. The van der Waals surface area contributed by atoms with Gasteiger partial charge in [0.15, 0.2) is 0 Å². The second-order valence-corrected chi connectivity index (χ2v) is 5.27. The minimum absolute atomic E-state index is 0.233. The number of esters is 1. The van der Waals surface area contributed by atoms with Gasteiger partial charge in [0.25, 0.3) is 0 Å². The van der Waals surface area contributed by atoms with Gasteiger partial charge < -0.3 is 14.6 Å². The molecule has 2 aromatic carbocycles. The summed E-state index contributed by atoms with van der Waals surface area (Å²) in [6, 6.07) is 12.8. The molecule has 2 rings (SSSR count). The number of hydrogen-bond acceptors (Lipinski definition) is 4. The van der Waals surface area contributed by atoms with Crippen molar-refractivity contribution < 1.29 is 19.4 Å². The van der Waals surface area contributed by atoms with Gasteiger partial charge in [-0.25, -0.2) is 0 Å². The third-order valence-electron chi connectivity index (χ3n) is 3.61. The van der Waals surface area contributed by atoms with Gasteiger partial charge in [-0.1, -0.05) is 38.1 Å². The predicted octanol–water partition coefficient (Wildman–Crippen LogP) is 4.44. The molecule has 0 saturated carbocycles. The molecule has 0 fully saturated rings. The number of benzene rings is 2. The molecule has 0 aliphatic rings. The van der Waals surface area contributed by atoms with Gasteiger partial charge in [0, 0.05) is 12.8 Å². The molecule has 0 saturated heterocycles. The second kappa shape index (κ2) is 7.68. The Balaban J connectivity index is 2.25. The van der Waals surface area contributed by atoms with Crippen molar-refractivity contribution in [2.75, 3.05) is 0 Å². The summed E-state index contributed by atoms with van der Waals surface area (Å²) in [5, 5.41) is 9.41. The number of phenols is 1. The monoisotopic (exact) mass is 314 g/mol. The van der Waals surface area contributed by atoms with E-state index in [1.54, 1.807) is 19.1 Å². The summed E-state index contributed by atoms with van der Waals surface area (Å²) in [6.45, 7) is 5.63. The van der Waals surface area contributed by atoms with Crippen LogP contribution in [0.1, 0.15) is 32.3 Å². The summed E-state index contributed by atoms with van der Waals surface area (Å²) in [5.74, 6) is 0.645. The van der Waals surface area contributed by atoms with Crippen molar-refractivity contribution in [1.29, 1.82) is 0 Å². The fraction of sp³-hybridized carbons (Fsp3) is 0.316. The molecular formula is C19H22O4. The van der Waals surface area contributed by atoms with E-state index in [9.17, 15) is 9.90 Å². The summed E-state index contributed by atoms with van der Waals surface area (Å²) in [5.41, 5.74) is 2.97. The first-order valence-electron chi connectivity index (χ1n) is 7.80. The largest absolute Gasteiger partial charge is 0.508 e. The van der Waals surface area contributed by atoms with Crippen LogP contribution in [0.5, 0.6) is 11.5 Å². The highest BCUT2D eigenvalue weighted by Gasteiger charge is 2.15. The molecule has 23 heavy (non-hydrogen) atoms. The third-order valence-corrected chi connectivity index (χ3v) is 3.61. The van der Waals surface area contributed by atoms with E-state index in [1.165, 1.54) is 0 Å². The van der Waals surface area contributed by atoms with Crippen LogP contribution in [0.25, 0.3) is 11.1 Å². The Morgan fingerprint density at radius 1 is 1.13 bits per heavy atom. The van der Waals surface area contributed by atoms with Gasteiger partial charge in [-0.05, 0) is 41.8 Å². The summed E-state index contributed by atoms with van der Waals surface area (Å²) < 4.78 is 11.1. The quantitative estimate of drug-likeness (QED) is 0.633. The Morgan fingerprint density at radius 3 is 2.43 bits per heavy atom. The molecule has 0 radical (unpaired) electrons. The highest BCUT2D eigenvalue weighted by Crippen LogP contribution is 2.31. The highest BCUT2D eigenvalue weighted by molar-refractivity contribution is 5.70. The molecule has 0 aliphatic heterocycles. The molecule has 122 valence electrons. The lowest BCUT2D eigenvalue weighted by Gasteiger charge is -2.20. The number of ether oxygens (including phenoxy) is 2. The van der Waals surface area contributed by atoms with Crippen LogP contribution < -0.4 is 4.74 Å². The summed E-state index contributed by atoms with van der Waals surface area (Å²) in [4.78, 5) is 11.5. The van der Waals surface area contributed by atoms with Crippen molar-refractivity contribution in [3.05, 3.63) is 48.0 Å². The van der Waals surface area contributed by atoms with E-state index >= 15 is 0 Å². The van der Waals surface area contributed by atoms with Gasteiger partial charge in [0.2, 0.25) is 6.29 Å². The van der Waals surface area contributed by atoms with Crippen molar-refractivity contribution in [2.24, 2.45) is 0 Å². The van der Waals surface area contributed by atoms with Crippen LogP contribution in [0.15, 0.2) is 42.5 Å².